The number of amides is 1. The van der Waals surface area contributed by atoms with Crippen LogP contribution < -0.4 is 10.9 Å². The summed E-state index contributed by atoms with van der Waals surface area (Å²) in [4.78, 5) is 35.4. The van der Waals surface area contributed by atoms with E-state index in [0.717, 1.165) is 33.2 Å². The Balaban J connectivity index is 2.01. The summed E-state index contributed by atoms with van der Waals surface area (Å²) in [5.74, 6) is -0.723. The first-order chi connectivity index (χ1) is 13.1. The van der Waals surface area contributed by atoms with Crippen molar-refractivity contribution in [2.75, 3.05) is 0 Å². The molecular weight excluding hydrogens is 362 g/mol. The van der Waals surface area contributed by atoms with Crippen LogP contribution >= 0.6 is 0 Å². The zero-order valence-corrected chi connectivity index (χ0v) is 16.6. The number of rotatable bonds is 5. The van der Waals surface area contributed by atoms with Crippen molar-refractivity contribution in [3.05, 3.63) is 44.5 Å². The molecular formula is C21H23NO6. The lowest BCUT2D eigenvalue weighted by Gasteiger charge is -2.11. The summed E-state index contributed by atoms with van der Waals surface area (Å²) in [5.41, 5.74) is 3.68. The number of nitrogens with one attached hydrogen (secondary N) is 1. The fourth-order valence-corrected chi connectivity index (χ4v) is 3.40. The van der Waals surface area contributed by atoms with E-state index in [4.69, 9.17) is 13.9 Å². The minimum atomic E-state index is -1.11. The minimum absolute atomic E-state index is 0.000199. The molecule has 3 aromatic rings. The van der Waals surface area contributed by atoms with Gasteiger partial charge in [-0.15, -0.1) is 0 Å². The third-order valence-electron chi connectivity index (χ3n) is 5.29. The van der Waals surface area contributed by atoms with Gasteiger partial charge in [0, 0.05) is 28.3 Å². The van der Waals surface area contributed by atoms with Gasteiger partial charge in [0.1, 0.15) is 23.0 Å². The van der Waals surface area contributed by atoms with E-state index >= 15 is 0 Å². The molecule has 28 heavy (non-hydrogen) atoms. The lowest BCUT2D eigenvalue weighted by Crippen LogP contribution is -2.38. The van der Waals surface area contributed by atoms with Crippen molar-refractivity contribution in [1.29, 1.82) is 0 Å². The molecule has 0 saturated carbocycles. The maximum atomic E-state index is 12.5. The maximum Gasteiger partial charge on any atom is 0.339 e. The van der Waals surface area contributed by atoms with Crippen molar-refractivity contribution in [2.24, 2.45) is 0 Å². The Hall–Kier alpha value is -3.09. The highest BCUT2D eigenvalue weighted by molar-refractivity contribution is 6.00. The van der Waals surface area contributed by atoms with Crippen LogP contribution in [0.25, 0.3) is 21.9 Å². The molecule has 1 aromatic carbocycles. The second-order valence-corrected chi connectivity index (χ2v) is 7.16. The van der Waals surface area contributed by atoms with E-state index in [1.165, 1.54) is 6.92 Å². The van der Waals surface area contributed by atoms with Crippen molar-refractivity contribution in [3.63, 3.8) is 0 Å². The van der Waals surface area contributed by atoms with Crippen LogP contribution in [0.2, 0.25) is 0 Å². The van der Waals surface area contributed by atoms with Gasteiger partial charge in [0.25, 0.3) is 0 Å². The van der Waals surface area contributed by atoms with Crippen molar-refractivity contribution in [3.8, 4) is 0 Å². The molecule has 2 aromatic heterocycles. The van der Waals surface area contributed by atoms with E-state index < -0.39 is 23.5 Å². The molecule has 1 unspecified atom stereocenters. The number of hydrogen-bond donors (Lipinski definition) is 2. The highest BCUT2D eigenvalue weighted by Gasteiger charge is 2.20. The van der Waals surface area contributed by atoms with Gasteiger partial charge in [0.15, 0.2) is 0 Å². The van der Waals surface area contributed by atoms with Crippen LogP contribution in [0.1, 0.15) is 41.4 Å². The first-order valence-electron chi connectivity index (χ1n) is 9.09. The Morgan fingerprint density at radius 2 is 1.64 bits per heavy atom. The van der Waals surface area contributed by atoms with Crippen LogP contribution in [0.15, 0.2) is 19.7 Å². The number of hydrogen-bond acceptors (Lipinski definition) is 5. The molecule has 2 heterocycles. The summed E-state index contributed by atoms with van der Waals surface area (Å²) in [6.07, 6.45) is 0.169. The van der Waals surface area contributed by atoms with Gasteiger partial charge < -0.3 is 19.3 Å². The Morgan fingerprint density at radius 3 is 2.29 bits per heavy atom. The normalized spacial score (nSPS) is 12.5. The Morgan fingerprint density at radius 1 is 1.04 bits per heavy atom. The second kappa shape index (κ2) is 7.14. The average molecular weight is 385 g/mol. The summed E-state index contributed by atoms with van der Waals surface area (Å²) in [7, 11) is 0. The third-order valence-corrected chi connectivity index (χ3v) is 5.29. The molecule has 2 N–H and O–H groups in total. The average Bonchev–Trinajstić information content (AvgIpc) is 2.91. The molecule has 1 amide bonds. The smallest absolute Gasteiger partial charge is 0.339 e. The molecule has 0 aliphatic rings. The molecule has 1 atom stereocenters. The maximum absolute atomic E-state index is 12.5. The Bertz CT molecular complexity index is 1170. The predicted octanol–water partition coefficient (Wildman–Crippen LogP) is 3.29. The standard InChI is InChI=1S/C21H23NO6/c1-9-13(5)27-18-11(3)19-16(8-15(9)18)10(2)14(21(26)28-19)6-7-17(23)22-12(4)20(24)25/h8,12H,6-7H2,1-5H3,(H,22,23)(H,24,25). The minimum Gasteiger partial charge on any atom is -0.480 e. The molecule has 0 fully saturated rings. The number of aryl methyl sites for hydroxylation is 4. The van der Waals surface area contributed by atoms with Gasteiger partial charge in [0.2, 0.25) is 5.91 Å². The molecule has 0 bridgehead atoms. The highest BCUT2D eigenvalue weighted by atomic mass is 16.4. The topological polar surface area (TPSA) is 110 Å². The van der Waals surface area contributed by atoms with Crippen molar-refractivity contribution in [1.82, 2.24) is 5.32 Å². The van der Waals surface area contributed by atoms with Gasteiger partial charge in [-0.05, 0) is 58.2 Å². The molecule has 7 nitrogen and oxygen atoms in total. The van der Waals surface area contributed by atoms with Gasteiger partial charge in [-0.25, -0.2) is 4.79 Å². The van der Waals surface area contributed by atoms with Crippen molar-refractivity contribution < 1.29 is 23.5 Å². The summed E-state index contributed by atoms with van der Waals surface area (Å²) >= 11 is 0. The monoisotopic (exact) mass is 385 g/mol. The lowest BCUT2D eigenvalue weighted by atomic mass is 9.98. The summed E-state index contributed by atoms with van der Waals surface area (Å²) in [6, 6.07) is 0.975. The van der Waals surface area contributed by atoms with E-state index in [1.54, 1.807) is 0 Å². The van der Waals surface area contributed by atoms with Crippen LogP contribution in [0.4, 0.5) is 0 Å². The summed E-state index contributed by atoms with van der Waals surface area (Å²) in [6.45, 7) is 8.95. The fraction of sp³-hybridized carbons (Fsp3) is 0.381. The third kappa shape index (κ3) is 3.28. The predicted molar refractivity (Wildman–Crippen MR) is 105 cm³/mol. The number of fused-ring (bicyclic) bond motifs is 2. The molecule has 0 aliphatic carbocycles. The zero-order valence-electron chi connectivity index (χ0n) is 16.6. The number of aliphatic carboxylic acids is 1. The number of benzene rings is 1. The van der Waals surface area contributed by atoms with E-state index in [9.17, 15) is 14.4 Å². The van der Waals surface area contributed by atoms with Crippen LogP contribution in [0, 0.1) is 27.7 Å². The van der Waals surface area contributed by atoms with Crippen LogP contribution in [0.3, 0.4) is 0 Å². The highest BCUT2D eigenvalue weighted by Crippen LogP contribution is 2.34. The van der Waals surface area contributed by atoms with E-state index in [2.05, 4.69) is 5.32 Å². The van der Waals surface area contributed by atoms with Crippen LogP contribution in [-0.4, -0.2) is 23.0 Å². The molecule has 0 aliphatic heterocycles. The fourth-order valence-electron chi connectivity index (χ4n) is 3.40. The number of carbonyl (C=O) groups is 2. The van der Waals surface area contributed by atoms with Gasteiger partial charge >= 0.3 is 11.6 Å². The molecule has 7 heteroatoms. The molecule has 0 spiro atoms. The van der Waals surface area contributed by atoms with Gasteiger partial charge in [-0.3, -0.25) is 9.59 Å². The van der Waals surface area contributed by atoms with Gasteiger partial charge in [-0.2, -0.15) is 0 Å². The summed E-state index contributed by atoms with van der Waals surface area (Å²) < 4.78 is 11.4. The number of carbonyl (C=O) groups excluding carboxylic acids is 1. The van der Waals surface area contributed by atoms with Gasteiger partial charge in [0.05, 0.1) is 0 Å². The largest absolute Gasteiger partial charge is 0.480 e. The first-order valence-corrected chi connectivity index (χ1v) is 9.09. The number of furan rings is 1. The van der Waals surface area contributed by atoms with Crippen molar-refractivity contribution >= 4 is 33.8 Å². The SMILES string of the molecule is Cc1oc2c(C)c3oc(=O)c(CCC(=O)NC(C)C(=O)O)c(C)c3cc2c1C. The van der Waals surface area contributed by atoms with Gasteiger partial charge in [-0.1, -0.05) is 0 Å². The lowest BCUT2D eigenvalue weighted by molar-refractivity contribution is -0.141. The van der Waals surface area contributed by atoms with Crippen LogP contribution in [-0.2, 0) is 16.0 Å². The second-order valence-electron chi connectivity index (χ2n) is 7.16. The molecule has 0 saturated heterocycles. The van der Waals surface area contributed by atoms with E-state index in [0.29, 0.717) is 16.7 Å². The molecule has 3 rings (SSSR count). The Labute approximate surface area is 161 Å². The van der Waals surface area contributed by atoms with Crippen LogP contribution in [0.5, 0.6) is 0 Å². The van der Waals surface area contributed by atoms with E-state index in [-0.39, 0.29) is 12.8 Å². The number of carboxylic acid groups (broad SMARTS) is 1. The van der Waals surface area contributed by atoms with Crippen molar-refractivity contribution in [2.45, 2.75) is 53.5 Å². The Kier molecular flexibility index (Phi) is 5.02. The summed E-state index contributed by atoms with van der Waals surface area (Å²) in [5, 5.41) is 13.0. The zero-order chi connectivity index (χ0) is 20.7. The number of carboxylic acids is 1. The first kappa shape index (κ1) is 19.7. The quantitative estimate of drug-likeness (QED) is 0.652. The molecule has 148 valence electrons. The van der Waals surface area contributed by atoms with E-state index in [1.807, 2.05) is 33.8 Å². The molecule has 0 radical (unpaired) electrons.